The smallest absolute Gasteiger partial charge is 0.277 e. The zero-order chi connectivity index (χ0) is 22.0. The number of likely N-dealkylation sites (N-methyl/N-ethyl adjacent to an activating group) is 1. The molecule has 0 atom stereocenters. The van der Waals surface area contributed by atoms with Crippen LogP contribution in [0.1, 0.15) is 11.1 Å². The van der Waals surface area contributed by atoms with E-state index in [4.69, 9.17) is 4.74 Å². The van der Waals surface area contributed by atoms with Gasteiger partial charge < -0.3 is 14.5 Å². The molecule has 2 aliphatic heterocycles. The molecule has 0 N–H and O–H groups in total. The van der Waals surface area contributed by atoms with Gasteiger partial charge in [0.2, 0.25) is 0 Å². The molecule has 0 unspecified atom stereocenters. The van der Waals surface area contributed by atoms with Crippen LogP contribution in [0.5, 0.6) is 5.75 Å². The molecule has 162 valence electrons. The molecule has 0 spiro atoms. The van der Waals surface area contributed by atoms with Crippen LogP contribution in [0.4, 0.5) is 4.39 Å². The van der Waals surface area contributed by atoms with Crippen molar-refractivity contribution < 1.29 is 18.7 Å². The Morgan fingerprint density at radius 3 is 2.16 bits per heavy atom. The van der Waals surface area contributed by atoms with Crippen LogP contribution in [0.2, 0.25) is 0 Å². The highest BCUT2D eigenvalue weighted by atomic mass is 19.1. The van der Waals surface area contributed by atoms with Gasteiger partial charge in [0, 0.05) is 32.7 Å². The van der Waals surface area contributed by atoms with Crippen molar-refractivity contribution in [1.82, 2.24) is 14.7 Å². The van der Waals surface area contributed by atoms with Crippen LogP contribution in [0.3, 0.4) is 0 Å². The Kier molecular flexibility index (Phi) is 6.04. The quantitative estimate of drug-likeness (QED) is 0.668. The van der Waals surface area contributed by atoms with Crippen LogP contribution >= 0.6 is 0 Å². The van der Waals surface area contributed by atoms with E-state index in [2.05, 4.69) is 4.90 Å². The second kappa shape index (κ2) is 8.89. The Balaban J connectivity index is 1.63. The number of hydrogen-bond donors (Lipinski definition) is 0. The summed E-state index contributed by atoms with van der Waals surface area (Å²) in [4.78, 5) is 32.3. The number of carbonyl (C=O) groups is 2. The van der Waals surface area contributed by atoms with E-state index in [0.717, 1.165) is 18.7 Å². The van der Waals surface area contributed by atoms with Crippen molar-refractivity contribution in [1.29, 1.82) is 0 Å². The highest BCUT2D eigenvalue weighted by Gasteiger charge is 2.41. The number of carbonyl (C=O) groups excluding carboxylic acids is 2. The summed E-state index contributed by atoms with van der Waals surface area (Å²) in [6, 6.07) is 13.4. The number of hydrogen-bond acceptors (Lipinski definition) is 5. The lowest BCUT2D eigenvalue weighted by atomic mass is 10.0. The number of methoxy groups -OCH3 is 1. The fraction of sp³-hybridized carbons (Fsp3) is 0.333. The first-order valence-electron chi connectivity index (χ1n) is 10.4. The molecule has 7 heteroatoms. The Bertz CT molecular complexity index is 994. The molecule has 0 radical (unpaired) electrons. The van der Waals surface area contributed by atoms with Gasteiger partial charge in [-0.3, -0.25) is 14.5 Å². The number of imide groups is 1. The summed E-state index contributed by atoms with van der Waals surface area (Å²) >= 11 is 0. The van der Waals surface area contributed by atoms with Gasteiger partial charge in [0.25, 0.3) is 11.8 Å². The zero-order valence-electron chi connectivity index (χ0n) is 17.8. The lowest BCUT2D eigenvalue weighted by molar-refractivity contribution is -0.137. The van der Waals surface area contributed by atoms with Gasteiger partial charge in [-0.05, 0) is 48.9 Å². The molecule has 2 aromatic carbocycles. The SMILES string of the molecule is COc1ccc(C2=C(N3CCN(C)CC3)C(=O)N(CCc3ccc(F)cc3)C2=O)cc1. The minimum absolute atomic E-state index is 0.250. The fourth-order valence-electron chi connectivity index (χ4n) is 4.00. The summed E-state index contributed by atoms with van der Waals surface area (Å²) in [5.74, 6) is -0.165. The molecule has 0 aromatic heterocycles. The molecular formula is C24H26FN3O3. The van der Waals surface area contributed by atoms with Crippen LogP contribution in [-0.2, 0) is 16.0 Å². The predicted octanol–water partition coefficient (Wildman–Crippen LogP) is 2.40. The summed E-state index contributed by atoms with van der Waals surface area (Å²) in [6.07, 6.45) is 0.476. The average Bonchev–Trinajstić information content (AvgIpc) is 3.03. The highest BCUT2D eigenvalue weighted by molar-refractivity contribution is 6.35. The second-order valence-electron chi connectivity index (χ2n) is 7.88. The van der Waals surface area contributed by atoms with Gasteiger partial charge in [0.1, 0.15) is 17.3 Å². The first kappa shape index (κ1) is 21.1. The second-order valence-corrected chi connectivity index (χ2v) is 7.88. The van der Waals surface area contributed by atoms with E-state index >= 15 is 0 Å². The fourth-order valence-corrected chi connectivity index (χ4v) is 4.00. The van der Waals surface area contributed by atoms with Gasteiger partial charge in [0.15, 0.2) is 0 Å². The van der Waals surface area contributed by atoms with Crippen molar-refractivity contribution in [3.8, 4) is 5.75 Å². The van der Waals surface area contributed by atoms with Gasteiger partial charge in [-0.1, -0.05) is 24.3 Å². The number of benzene rings is 2. The molecule has 1 saturated heterocycles. The molecule has 2 amide bonds. The third-order valence-electron chi connectivity index (χ3n) is 5.88. The van der Waals surface area contributed by atoms with E-state index in [1.54, 1.807) is 31.4 Å². The number of amides is 2. The molecule has 31 heavy (non-hydrogen) atoms. The summed E-state index contributed by atoms with van der Waals surface area (Å²) < 4.78 is 18.4. The number of nitrogens with zero attached hydrogens (tertiary/aromatic N) is 3. The Morgan fingerprint density at radius 1 is 0.903 bits per heavy atom. The van der Waals surface area contributed by atoms with Crippen molar-refractivity contribution in [3.05, 3.63) is 71.2 Å². The Hall–Kier alpha value is -3.19. The van der Waals surface area contributed by atoms with Crippen LogP contribution in [0, 0.1) is 5.82 Å². The van der Waals surface area contributed by atoms with Gasteiger partial charge in [-0.2, -0.15) is 0 Å². The first-order chi connectivity index (χ1) is 15.0. The lowest BCUT2D eigenvalue weighted by Crippen LogP contribution is -2.46. The first-order valence-corrected chi connectivity index (χ1v) is 10.4. The van der Waals surface area contributed by atoms with Gasteiger partial charge in [0.05, 0.1) is 12.7 Å². The van der Waals surface area contributed by atoms with Crippen molar-refractivity contribution in [3.63, 3.8) is 0 Å². The predicted molar refractivity (Wildman–Crippen MR) is 116 cm³/mol. The summed E-state index contributed by atoms with van der Waals surface area (Å²) in [5, 5.41) is 0. The van der Waals surface area contributed by atoms with Crippen molar-refractivity contribution in [2.45, 2.75) is 6.42 Å². The maximum absolute atomic E-state index is 13.4. The van der Waals surface area contributed by atoms with Crippen LogP contribution in [-0.4, -0.2) is 73.4 Å². The topological polar surface area (TPSA) is 53.1 Å². The lowest BCUT2D eigenvalue weighted by Gasteiger charge is -2.34. The maximum atomic E-state index is 13.4. The number of halogens is 1. The molecule has 0 bridgehead atoms. The number of piperazine rings is 1. The Morgan fingerprint density at radius 2 is 1.55 bits per heavy atom. The van der Waals surface area contributed by atoms with Gasteiger partial charge in [-0.15, -0.1) is 0 Å². The maximum Gasteiger partial charge on any atom is 0.277 e. The minimum Gasteiger partial charge on any atom is -0.497 e. The third kappa shape index (κ3) is 4.32. The van der Waals surface area contributed by atoms with Crippen LogP contribution in [0.15, 0.2) is 54.2 Å². The minimum atomic E-state index is -0.308. The molecule has 2 aliphatic rings. The monoisotopic (exact) mass is 423 g/mol. The van der Waals surface area contributed by atoms with Gasteiger partial charge >= 0.3 is 0 Å². The summed E-state index contributed by atoms with van der Waals surface area (Å²) in [5.41, 5.74) is 2.50. The molecule has 6 nitrogen and oxygen atoms in total. The molecule has 2 aromatic rings. The Labute approximate surface area is 181 Å². The normalized spacial score (nSPS) is 17.6. The van der Waals surface area contributed by atoms with Crippen molar-refractivity contribution in [2.24, 2.45) is 0 Å². The van der Waals surface area contributed by atoms with E-state index < -0.39 is 0 Å². The van der Waals surface area contributed by atoms with Gasteiger partial charge in [-0.25, -0.2) is 4.39 Å². The third-order valence-corrected chi connectivity index (χ3v) is 5.88. The van der Waals surface area contributed by atoms with Crippen LogP contribution < -0.4 is 4.74 Å². The van der Waals surface area contributed by atoms with E-state index in [1.165, 1.54) is 17.0 Å². The van der Waals surface area contributed by atoms with E-state index in [-0.39, 0.29) is 24.2 Å². The van der Waals surface area contributed by atoms with Crippen molar-refractivity contribution in [2.75, 3.05) is 46.9 Å². The van der Waals surface area contributed by atoms with E-state index in [9.17, 15) is 14.0 Å². The molecule has 0 aliphatic carbocycles. The molecule has 0 saturated carbocycles. The zero-order valence-corrected chi connectivity index (χ0v) is 17.8. The number of rotatable bonds is 6. The number of ether oxygens (including phenoxy) is 1. The van der Waals surface area contributed by atoms with Crippen molar-refractivity contribution >= 4 is 17.4 Å². The van der Waals surface area contributed by atoms with E-state index in [1.807, 2.05) is 24.1 Å². The average molecular weight is 423 g/mol. The van der Waals surface area contributed by atoms with E-state index in [0.29, 0.717) is 42.1 Å². The molecule has 4 rings (SSSR count). The molecule has 2 heterocycles. The summed E-state index contributed by atoms with van der Waals surface area (Å²) in [6.45, 7) is 3.29. The molecular weight excluding hydrogens is 397 g/mol. The summed E-state index contributed by atoms with van der Waals surface area (Å²) in [7, 11) is 3.64. The highest BCUT2D eigenvalue weighted by Crippen LogP contribution is 2.33. The van der Waals surface area contributed by atoms with Crippen LogP contribution in [0.25, 0.3) is 5.57 Å². The molecule has 1 fully saturated rings. The largest absolute Gasteiger partial charge is 0.497 e. The standard InChI is InChI=1S/C24H26FN3O3/c1-26-13-15-27(16-14-26)22-21(18-5-9-20(31-2)10-6-18)23(29)28(24(22)30)12-11-17-3-7-19(25)8-4-17/h3-10H,11-16H2,1-2H3.